The highest BCUT2D eigenvalue weighted by molar-refractivity contribution is 6.19. The summed E-state index contributed by atoms with van der Waals surface area (Å²) in [5.74, 6) is -0.385. The fourth-order valence-corrected chi connectivity index (χ4v) is 7.41. The molecule has 0 fully saturated rings. The smallest absolute Gasteiger partial charge is 0.338 e. The van der Waals surface area contributed by atoms with E-state index < -0.39 is 5.60 Å². The molecule has 0 bridgehead atoms. The van der Waals surface area contributed by atoms with Crippen LogP contribution in [-0.4, -0.2) is 28.2 Å². The molecular formula is C47H34N2O5. The normalized spacial score (nSPS) is 11.8. The third-order valence-electron chi connectivity index (χ3n) is 9.92. The zero-order valence-electron chi connectivity index (χ0n) is 29.8. The van der Waals surface area contributed by atoms with Gasteiger partial charge in [0.1, 0.15) is 22.3 Å². The number of aromatic nitrogens is 2. The van der Waals surface area contributed by atoms with E-state index in [1.807, 2.05) is 97.3 Å². The van der Waals surface area contributed by atoms with Crippen LogP contribution in [-0.2, 0) is 10.3 Å². The molecular weight excluding hydrogens is 673 g/mol. The quantitative estimate of drug-likeness (QED) is 0.182. The predicted octanol–water partition coefficient (Wildman–Crippen LogP) is 11.6. The topological polar surface area (TPSA) is 98.6 Å². The monoisotopic (exact) mass is 706 g/mol. The predicted molar refractivity (Wildman–Crippen MR) is 215 cm³/mol. The summed E-state index contributed by atoms with van der Waals surface area (Å²) in [6, 6.07) is 43.6. The van der Waals surface area contributed by atoms with E-state index in [4.69, 9.17) is 18.6 Å². The Morgan fingerprint density at radius 1 is 0.556 bits per heavy atom. The summed E-state index contributed by atoms with van der Waals surface area (Å²) in [7, 11) is 1.38. The number of hydrogen-bond acceptors (Lipinski definition) is 7. The maximum atomic E-state index is 12.3. The number of hydrogen-bond donors (Lipinski definition) is 1. The van der Waals surface area contributed by atoms with E-state index in [9.17, 15) is 9.90 Å². The minimum atomic E-state index is -0.972. The Hall–Kier alpha value is -6.83. The number of ether oxygens (including phenoxy) is 1. The fourth-order valence-electron chi connectivity index (χ4n) is 7.41. The Labute approximate surface area is 310 Å². The average molecular weight is 707 g/mol. The average Bonchev–Trinajstić information content (AvgIpc) is 3.79. The Morgan fingerprint density at radius 2 is 1.00 bits per heavy atom. The molecule has 0 radical (unpaired) electrons. The first kappa shape index (κ1) is 33.0. The molecule has 0 aliphatic heterocycles. The molecule has 7 nitrogen and oxygen atoms in total. The molecule has 4 heterocycles. The summed E-state index contributed by atoms with van der Waals surface area (Å²) < 4.78 is 17.1. The zero-order chi connectivity index (χ0) is 37.0. The second-order valence-electron chi connectivity index (χ2n) is 13.8. The number of esters is 1. The van der Waals surface area contributed by atoms with Gasteiger partial charge < -0.3 is 18.7 Å². The minimum Gasteiger partial charge on any atom is -0.465 e. The van der Waals surface area contributed by atoms with Crippen LogP contribution in [0.5, 0.6) is 0 Å². The van der Waals surface area contributed by atoms with E-state index in [-0.39, 0.29) is 5.97 Å². The van der Waals surface area contributed by atoms with Crippen LogP contribution in [0.1, 0.15) is 29.8 Å². The van der Waals surface area contributed by atoms with E-state index in [2.05, 4.69) is 41.4 Å². The van der Waals surface area contributed by atoms with Crippen molar-refractivity contribution >= 4 is 71.4 Å². The molecule has 10 aromatic rings. The van der Waals surface area contributed by atoms with Crippen molar-refractivity contribution in [3.8, 4) is 22.5 Å². The highest BCUT2D eigenvalue weighted by Crippen LogP contribution is 2.41. The number of fused-ring (bicyclic) bond motifs is 8. The van der Waals surface area contributed by atoms with Gasteiger partial charge >= 0.3 is 5.97 Å². The lowest BCUT2D eigenvalue weighted by atomic mass is 9.91. The first-order chi connectivity index (χ1) is 26.3. The first-order valence-electron chi connectivity index (χ1n) is 17.7. The largest absolute Gasteiger partial charge is 0.465 e. The number of benzene rings is 6. The lowest BCUT2D eigenvalue weighted by molar-refractivity contribution is 0.0602. The van der Waals surface area contributed by atoms with Crippen LogP contribution >= 0.6 is 0 Å². The number of rotatable bonds is 4. The maximum Gasteiger partial charge on any atom is 0.338 e. The molecule has 0 saturated carbocycles. The van der Waals surface area contributed by atoms with Crippen LogP contribution in [0.15, 0.2) is 155 Å². The third-order valence-corrected chi connectivity index (χ3v) is 9.92. The van der Waals surface area contributed by atoms with Gasteiger partial charge in [-0.25, -0.2) is 4.79 Å². The second-order valence-corrected chi connectivity index (χ2v) is 13.8. The van der Waals surface area contributed by atoms with Gasteiger partial charge in [0.05, 0.1) is 29.7 Å². The lowest BCUT2D eigenvalue weighted by Gasteiger charge is -2.19. The van der Waals surface area contributed by atoms with Gasteiger partial charge in [-0.3, -0.25) is 9.97 Å². The Morgan fingerprint density at radius 3 is 1.52 bits per heavy atom. The number of aliphatic hydroxyl groups is 1. The van der Waals surface area contributed by atoms with Crippen LogP contribution in [0.2, 0.25) is 0 Å². The van der Waals surface area contributed by atoms with Gasteiger partial charge in [-0.1, -0.05) is 91.0 Å². The van der Waals surface area contributed by atoms with Crippen molar-refractivity contribution in [3.63, 3.8) is 0 Å². The molecule has 0 aliphatic rings. The van der Waals surface area contributed by atoms with Gasteiger partial charge in [0.25, 0.3) is 0 Å². The highest BCUT2D eigenvalue weighted by Gasteiger charge is 2.24. The molecule has 0 spiro atoms. The molecule has 0 unspecified atom stereocenters. The van der Waals surface area contributed by atoms with Crippen molar-refractivity contribution in [1.29, 1.82) is 0 Å². The molecule has 0 amide bonds. The van der Waals surface area contributed by atoms with Crippen molar-refractivity contribution in [3.05, 3.63) is 157 Å². The summed E-state index contributed by atoms with van der Waals surface area (Å²) in [6.45, 7) is 3.61. The highest BCUT2D eigenvalue weighted by atomic mass is 16.5. The SMILES string of the molecule is CC(C)(O)c1cccc2oc3cccc(-c4cc5ccccc5cn4)c3c12.COC(=O)c1cccc2oc3cccc(-c4cc5ccccc5cn4)c3c12. The van der Waals surface area contributed by atoms with Crippen molar-refractivity contribution in [2.24, 2.45) is 0 Å². The van der Waals surface area contributed by atoms with Crippen molar-refractivity contribution in [2.75, 3.05) is 7.11 Å². The molecule has 54 heavy (non-hydrogen) atoms. The molecule has 10 rings (SSSR count). The van der Waals surface area contributed by atoms with Crippen LogP contribution in [0, 0.1) is 0 Å². The minimum absolute atomic E-state index is 0.385. The molecule has 1 N–H and O–H groups in total. The van der Waals surface area contributed by atoms with Gasteiger partial charge in [-0.05, 0) is 72.6 Å². The zero-order valence-corrected chi connectivity index (χ0v) is 29.8. The van der Waals surface area contributed by atoms with Crippen molar-refractivity contribution in [2.45, 2.75) is 19.4 Å². The summed E-state index contributed by atoms with van der Waals surface area (Å²) in [5.41, 5.74) is 6.98. The van der Waals surface area contributed by atoms with Gasteiger partial charge in [0.2, 0.25) is 0 Å². The molecule has 262 valence electrons. The van der Waals surface area contributed by atoms with E-state index in [0.717, 1.165) is 82.3 Å². The van der Waals surface area contributed by atoms with E-state index >= 15 is 0 Å². The second kappa shape index (κ2) is 13.0. The fraction of sp³-hybridized carbons (Fsp3) is 0.0851. The summed E-state index contributed by atoms with van der Waals surface area (Å²) in [4.78, 5) is 21.7. The molecule has 0 saturated heterocycles. The van der Waals surface area contributed by atoms with Gasteiger partial charge in [-0.2, -0.15) is 0 Å². The number of nitrogens with zero attached hydrogens (tertiary/aromatic N) is 2. The van der Waals surface area contributed by atoms with Crippen LogP contribution in [0.25, 0.3) is 87.9 Å². The molecule has 4 aromatic heterocycles. The van der Waals surface area contributed by atoms with Crippen molar-refractivity contribution in [1.82, 2.24) is 9.97 Å². The Balaban J connectivity index is 0.000000142. The first-order valence-corrected chi connectivity index (χ1v) is 17.7. The van der Waals surface area contributed by atoms with Crippen LogP contribution < -0.4 is 0 Å². The lowest BCUT2D eigenvalue weighted by Crippen LogP contribution is -2.15. The summed E-state index contributed by atoms with van der Waals surface area (Å²) in [5, 5.41) is 18.7. The molecule has 0 atom stereocenters. The molecule has 6 aromatic carbocycles. The van der Waals surface area contributed by atoms with Crippen molar-refractivity contribution < 1.29 is 23.5 Å². The number of methoxy groups -OCH3 is 1. The van der Waals surface area contributed by atoms with Gasteiger partial charge in [-0.15, -0.1) is 0 Å². The number of carbonyl (C=O) groups excluding carboxylic acids is 1. The number of furan rings is 2. The molecule has 7 heteroatoms. The Bertz CT molecular complexity index is 3060. The van der Waals surface area contributed by atoms with E-state index in [0.29, 0.717) is 16.7 Å². The van der Waals surface area contributed by atoms with E-state index in [1.165, 1.54) is 7.11 Å². The number of pyridine rings is 2. The van der Waals surface area contributed by atoms with Crippen LogP contribution in [0.3, 0.4) is 0 Å². The van der Waals surface area contributed by atoms with Gasteiger partial charge in [0.15, 0.2) is 0 Å². The standard InChI is InChI=1S/C24H19NO2.C23H15NO3/c1-24(2,26)18-10-6-12-21-23(18)22-17(9-5-11-20(22)27-21)19-13-15-7-3-4-8-16(15)14-25-19;1-26-23(25)17-9-5-11-20-22(17)21-16(8-4-10-19(21)27-20)18-12-14-6-2-3-7-15(14)13-24-18/h3-14,26H,1-2H3;2-13H,1H3. The Kier molecular flexibility index (Phi) is 7.94. The third kappa shape index (κ3) is 5.62. The van der Waals surface area contributed by atoms with Gasteiger partial charge in [0, 0.05) is 55.8 Å². The maximum absolute atomic E-state index is 12.3. The summed E-state index contributed by atoms with van der Waals surface area (Å²) in [6.07, 6.45) is 3.77. The molecule has 0 aliphatic carbocycles. The van der Waals surface area contributed by atoms with E-state index in [1.54, 1.807) is 26.0 Å². The number of carbonyl (C=O) groups is 1. The summed E-state index contributed by atoms with van der Waals surface area (Å²) >= 11 is 0. The van der Waals surface area contributed by atoms with Crippen LogP contribution in [0.4, 0.5) is 0 Å².